The van der Waals surface area contributed by atoms with E-state index in [1.54, 1.807) is 21.0 Å². The van der Waals surface area contributed by atoms with Crippen LogP contribution < -0.4 is 4.74 Å². The molecule has 1 N–H and O–H groups in total. The van der Waals surface area contributed by atoms with E-state index >= 15 is 0 Å². The number of carboxylic acids is 1. The van der Waals surface area contributed by atoms with Crippen molar-refractivity contribution < 1.29 is 27.8 Å². The van der Waals surface area contributed by atoms with Gasteiger partial charge < -0.3 is 14.6 Å². The van der Waals surface area contributed by atoms with E-state index in [1.165, 1.54) is 24.3 Å². The highest BCUT2D eigenvalue weighted by Crippen LogP contribution is 2.21. The molecule has 0 amide bonds. The van der Waals surface area contributed by atoms with Crippen LogP contribution in [0, 0.1) is 0 Å². The van der Waals surface area contributed by atoms with Gasteiger partial charge in [0.1, 0.15) is 18.9 Å². The second kappa shape index (κ2) is 8.11. The van der Waals surface area contributed by atoms with E-state index in [2.05, 4.69) is 0 Å². The standard InChI is InChI=1S/C14H21NO6S/c1-11(2)15(10-14(16)17)22(18,19)13-6-4-12(5-7-13)21-9-8-20-3/h4-7,11H,8-10H2,1-3H3,(H,16,17). The molecule has 0 aliphatic carbocycles. The van der Waals surface area contributed by atoms with Gasteiger partial charge >= 0.3 is 5.97 Å². The number of nitrogens with zero attached hydrogens (tertiary/aromatic N) is 1. The summed E-state index contributed by atoms with van der Waals surface area (Å²) in [6.07, 6.45) is 0. The predicted octanol–water partition coefficient (Wildman–Crippen LogP) is 1.20. The smallest absolute Gasteiger partial charge is 0.318 e. The van der Waals surface area contributed by atoms with E-state index < -0.39 is 28.6 Å². The average Bonchev–Trinajstić information content (AvgIpc) is 2.45. The Morgan fingerprint density at radius 2 is 1.82 bits per heavy atom. The van der Waals surface area contributed by atoms with Crippen LogP contribution in [0.2, 0.25) is 0 Å². The molecule has 0 aliphatic heterocycles. The van der Waals surface area contributed by atoms with Gasteiger partial charge in [-0.3, -0.25) is 4.79 Å². The number of rotatable bonds is 9. The van der Waals surface area contributed by atoms with Gasteiger partial charge in [-0.15, -0.1) is 0 Å². The van der Waals surface area contributed by atoms with Crippen LogP contribution in [0.25, 0.3) is 0 Å². The van der Waals surface area contributed by atoms with E-state index in [0.29, 0.717) is 19.0 Å². The highest BCUT2D eigenvalue weighted by atomic mass is 32.2. The fraction of sp³-hybridized carbons (Fsp3) is 0.500. The maximum Gasteiger partial charge on any atom is 0.318 e. The molecule has 0 aromatic heterocycles. The zero-order valence-electron chi connectivity index (χ0n) is 12.9. The molecule has 0 fully saturated rings. The summed E-state index contributed by atoms with van der Waals surface area (Å²) in [5, 5.41) is 8.87. The molecule has 0 spiro atoms. The van der Waals surface area contributed by atoms with Crippen LogP contribution in [0.3, 0.4) is 0 Å². The number of carbonyl (C=O) groups is 1. The second-order valence-corrected chi connectivity index (χ2v) is 6.74. The molecule has 0 bridgehead atoms. The van der Waals surface area contributed by atoms with E-state index in [-0.39, 0.29) is 4.90 Å². The predicted molar refractivity (Wildman–Crippen MR) is 80.5 cm³/mol. The number of sulfonamides is 1. The van der Waals surface area contributed by atoms with Crippen molar-refractivity contribution in [2.24, 2.45) is 0 Å². The summed E-state index contributed by atoms with van der Waals surface area (Å²) in [5.41, 5.74) is 0. The van der Waals surface area contributed by atoms with Gasteiger partial charge in [0.25, 0.3) is 0 Å². The maximum absolute atomic E-state index is 12.5. The summed E-state index contributed by atoms with van der Waals surface area (Å²) in [6.45, 7) is 3.47. The van der Waals surface area contributed by atoms with Crippen LogP contribution in [0.5, 0.6) is 5.75 Å². The Kier molecular flexibility index (Phi) is 6.79. The van der Waals surface area contributed by atoms with Gasteiger partial charge in [-0.1, -0.05) is 0 Å². The number of methoxy groups -OCH3 is 1. The summed E-state index contributed by atoms with van der Waals surface area (Å²) in [6, 6.07) is 5.39. The molecule has 8 heteroatoms. The quantitative estimate of drug-likeness (QED) is 0.683. The van der Waals surface area contributed by atoms with E-state index in [0.717, 1.165) is 4.31 Å². The Balaban J connectivity index is 2.94. The first-order valence-corrected chi connectivity index (χ1v) is 8.18. The van der Waals surface area contributed by atoms with E-state index in [9.17, 15) is 13.2 Å². The third-order valence-corrected chi connectivity index (χ3v) is 4.89. The van der Waals surface area contributed by atoms with Crippen molar-refractivity contribution in [3.63, 3.8) is 0 Å². The largest absolute Gasteiger partial charge is 0.491 e. The summed E-state index contributed by atoms with van der Waals surface area (Å²) in [5.74, 6) is -0.679. The van der Waals surface area contributed by atoms with Gasteiger partial charge in [-0.2, -0.15) is 4.31 Å². The lowest BCUT2D eigenvalue weighted by Crippen LogP contribution is -2.40. The highest BCUT2D eigenvalue weighted by molar-refractivity contribution is 7.89. The Morgan fingerprint density at radius 1 is 1.23 bits per heavy atom. The third kappa shape index (κ3) is 4.97. The number of benzene rings is 1. The molecule has 7 nitrogen and oxygen atoms in total. The molecule has 0 saturated carbocycles. The van der Waals surface area contributed by atoms with Crippen LogP contribution >= 0.6 is 0 Å². The summed E-state index contributed by atoms with van der Waals surface area (Å²) in [7, 11) is -2.31. The van der Waals surface area contributed by atoms with Crippen LogP contribution in [0.15, 0.2) is 29.2 Å². The van der Waals surface area contributed by atoms with Crippen molar-refractivity contribution in [1.29, 1.82) is 0 Å². The molecule has 0 heterocycles. The topological polar surface area (TPSA) is 93.1 Å². The van der Waals surface area contributed by atoms with Crippen molar-refractivity contribution in [3.05, 3.63) is 24.3 Å². The lowest BCUT2D eigenvalue weighted by Gasteiger charge is -2.24. The number of carboxylic acid groups (broad SMARTS) is 1. The molecule has 124 valence electrons. The molecule has 1 rings (SSSR count). The Morgan fingerprint density at radius 3 is 2.27 bits per heavy atom. The van der Waals surface area contributed by atoms with Crippen molar-refractivity contribution in [1.82, 2.24) is 4.31 Å². The minimum absolute atomic E-state index is 0.0292. The first-order chi connectivity index (χ1) is 10.3. The van der Waals surface area contributed by atoms with Crippen molar-refractivity contribution in [2.45, 2.75) is 24.8 Å². The van der Waals surface area contributed by atoms with Crippen LogP contribution in [-0.4, -0.2) is 56.7 Å². The molecule has 1 aromatic carbocycles. The Bertz CT molecular complexity index is 582. The summed E-state index contributed by atoms with van der Waals surface area (Å²) < 4.78 is 36.1. The van der Waals surface area contributed by atoms with E-state index in [1.807, 2.05) is 0 Å². The van der Waals surface area contributed by atoms with Crippen molar-refractivity contribution >= 4 is 16.0 Å². The lowest BCUT2D eigenvalue weighted by molar-refractivity contribution is -0.137. The van der Waals surface area contributed by atoms with Gasteiger partial charge in [0, 0.05) is 13.2 Å². The number of ether oxygens (including phenoxy) is 2. The van der Waals surface area contributed by atoms with Crippen LogP contribution in [-0.2, 0) is 19.6 Å². The van der Waals surface area contributed by atoms with Gasteiger partial charge in [-0.05, 0) is 38.1 Å². The third-order valence-electron chi connectivity index (χ3n) is 2.85. The minimum atomic E-state index is -3.87. The monoisotopic (exact) mass is 331 g/mol. The zero-order valence-corrected chi connectivity index (χ0v) is 13.7. The number of hydrogen-bond acceptors (Lipinski definition) is 5. The van der Waals surface area contributed by atoms with Gasteiger partial charge in [0.05, 0.1) is 11.5 Å². The SMILES string of the molecule is COCCOc1ccc(S(=O)(=O)N(CC(=O)O)C(C)C)cc1. The summed E-state index contributed by atoms with van der Waals surface area (Å²) in [4.78, 5) is 10.9. The van der Waals surface area contributed by atoms with Gasteiger partial charge in [-0.25, -0.2) is 8.42 Å². The molecular formula is C14H21NO6S. The van der Waals surface area contributed by atoms with Crippen molar-refractivity contribution in [3.8, 4) is 5.75 Å². The first kappa shape index (κ1) is 18.4. The van der Waals surface area contributed by atoms with Crippen molar-refractivity contribution in [2.75, 3.05) is 26.9 Å². The van der Waals surface area contributed by atoms with Crippen LogP contribution in [0.1, 0.15) is 13.8 Å². The fourth-order valence-electron chi connectivity index (χ4n) is 1.76. The number of hydrogen-bond donors (Lipinski definition) is 1. The maximum atomic E-state index is 12.5. The molecular weight excluding hydrogens is 310 g/mol. The molecule has 0 radical (unpaired) electrons. The molecule has 0 aliphatic rings. The second-order valence-electron chi connectivity index (χ2n) is 4.85. The van der Waals surface area contributed by atoms with Gasteiger partial charge in [0.15, 0.2) is 0 Å². The molecule has 0 saturated heterocycles. The molecule has 0 unspecified atom stereocenters. The first-order valence-electron chi connectivity index (χ1n) is 6.74. The normalized spacial score (nSPS) is 11.9. The molecule has 1 aromatic rings. The Labute approximate surface area is 130 Å². The van der Waals surface area contributed by atoms with Gasteiger partial charge in [0.2, 0.25) is 10.0 Å². The average molecular weight is 331 g/mol. The number of aliphatic carboxylic acids is 1. The fourth-order valence-corrected chi connectivity index (χ4v) is 3.35. The summed E-state index contributed by atoms with van der Waals surface area (Å²) >= 11 is 0. The van der Waals surface area contributed by atoms with E-state index in [4.69, 9.17) is 14.6 Å². The highest BCUT2D eigenvalue weighted by Gasteiger charge is 2.28. The van der Waals surface area contributed by atoms with Crippen LogP contribution in [0.4, 0.5) is 0 Å². The Hall–Kier alpha value is -1.64. The lowest BCUT2D eigenvalue weighted by atomic mass is 10.3. The minimum Gasteiger partial charge on any atom is -0.491 e. The zero-order chi connectivity index (χ0) is 16.8. The molecule has 0 atom stereocenters. The molecule has 22 heavy (non-hydrogen) atoms.